The van der Waals surface area contributed by atoms with Gasteiger partial charge in [0.05, 0.1) is 12.7 Å². The van der Waals surface area contributed by atoms with Crippen LogP contribution >= 0.6 is 0 Å². The molecule has 6 heteroatoms. The molecule has 0 spiro atoms. The average molecular weight is 383 g/mol. The van der Waals surface area contributed by atoms with E-state index >= 15 is 0 Å². The molecule has 1 atom stereocenters. The summed E-state index contributed by atoms with van der Waals surface area (Å²) in [7, 11) is 3.53. The monoisotopic (exact) mass is 383 g/mol. The number of hydrogen-bond acceptors (Lipinski definition) is 4. The number of ether oxygens (including phenoxy) is 1. The Labute approximate surface area is 166 Å². The maximum Gasteiger partial charge on any atom is 0.259 e. The summed E-state index contributed by atoms with van der Waals surface area (Å²) in [5, 5.41) is 5.76. The number of nitrogens with zero attached hydrogens (tertiary/aromatic N) is 1. The van der Waals surface area contributed by atoms with E-state index in [-0.39, 0.29) is 17.7 Å². The Morgan fingerprint density at radius 1 is 1.00 bits per heavy atom. The largest absolute Gasteiger partial charge is 0.496 e. The highest BCUT2D eigenvalue weighted by molar-refractivity contribution is 6.06. The van der Waals surface area contributed by atoms with E-state index in [1.165, 1.54) is 7.11 Å². The summed E-state index contributed by atoms with van der Waals surface area (Å²) < 4.78 is 5.23. The molecule has 6 nitrogen and oxygen atoms in total. The predicted molar refractivity (Wildman–Crippen MR) is 113 cm³/mol. The molecule has 0 saturated heterocycles. The first-order chi connectivity index (χ1) is 13.3. The summed E-state index contributed by atoms with van der Waals surface area (Å²) in [4.78, 5) is 27.1. The Bertz CT molecular complexity index is 820. The number of nitrogens with one attached hydrogen (secondary N) is 2. The van der Waals surface area contributed by atoms with Crippen molar-refractivity contribution in [2.75, 3.05) is 31.3 Å². The molecule has 0 saturated carbocycles. The van der Waals surface area contributed by atoms with Gasteiger partial charge in [-0.05, 0) is 51.2 Å². The van der Waals surface area contributed by atoms with E-state index < -0.39 is 0 Å². The molecule has 2 N–H and O–H groups in total. The molecular weight excluding hydrogens is 354 g/mol. The minimum absolute atomic E-state index is 0.0549. The van der Waals surface area contributed by atoms with Crippen LogP contribution in [0.5, 0.6) is 5.75 Å². The summed E-state index contributed by atoms with van der Waals surface area (Å²) in [6, 6.07) is 14.5. The number of methoxy groups -OCH3 is 1. The summed E-state index contributed by atoms with van der Waals surface area (Å²) in [5.41, 5.74) is 1.69. The van der Waals surface area contributed by atoms with Gasteiger partial charge in [-0.25, -0.2) is 0 Å². The van der Waals surface area contributed by atoms with E-state index in [0.717, 1.165) is 0 Å². The quantitative estimate of drug-likeness (QED) is 0.726. The van der Waals surface area contributed by atoms with Gasteiger partial charge in [0.1, 0.15) is 5.75 Å². The van der Waals surface area contributed by atoms with E-state index in [1.807, 2.05) is 20.0 Å². The Morgan fingerprint density at radius 2 is 1.64 bits per heavy atom. The smallest absolute Gasteiger partial charge is 0.259 e. The third-order valence-corrected chi connectivity index (χ3v) is 4.63. The van der Waals surface area contributed by atoms with Crippen molar-refractivity contribution in [2.45, 2.75) is 26.8 Å². The van der Waals surface area contributed by atoms with Gasteiger partial charge in [0, 0.05) is 29.9 Å². The number of carbonyl (C=O) groups is 2. The Kier molecular flexibility index (Phi) is 7.58. The van der Waals surface area contributed by atoms with E-state index in [2.05, 4.69) is 29.4 Å². The molecule has 2 aromatic rings. The molecule has 0 aromatic heterocycles. The highest BCUT2D eigenvalue weighted by atomic mass is 16.5. The SMILES string of the molecule is COc1ccccc1C(=O)Nc1cccc(NC(=O)[C@@H](C)CN(C)C(C)C)c1. The number of anilines is 2. The first-order valence-corrected chi connectivity index (χ1v) is 9.37. The molecule has 150 valence electrons. The molecule has 0 radical (unpaired) electrons. The summed E-state index contributed by atoms with van der Waals surface area (Å²) in [6.07, 6.45) is 0. The van der Waals surface area contributed by atoms with Crippen LogP contribution in [0.3, 0.4) is 0 Å². The number of rotatable bonds is 8. The predicted octanol–water partition coefficient (Wildman–Crippen LogP) is 3.86. The molecule has 0 aliphatic rings. The zero-order chi connectivity index (χ0) is 20.7. The van der Waals surface area contributed by atoms with Gasteiger partial charge in [-0.15, -0.1) is 0 Å². The summed E-state index contributed by atoms with van der Waals surface area (Å²) in [6.45, 7) is 6.77. The van der Waals surface area contributed by atoms with Crippen LogP contribution in [-0.4, -0.2) is 43.5 Å². The molecule has 2 rings (SSSR count). The molecule has 0 aliphatic heterocycles. The van der Waals surface area contributed by atoms with Crippen molar-refractivity contribution in [3.63, 3.8) is 0 Å². The van der Waals surface area contributed by atoms with Crippen molar-refractivity contribution in [1.82, 2.24) is 4.90 Å². The highest BCUT2D eigenvalue weighted by Gasteiger charge is 2.17. The number of amides is 2. The second-order valence-corrected chi connectivity index (χ2v) is 7.16. The zero-order valence-electron chi connectivity index (χ0n) is 17.2. The fourth-order valence-corrected chi connectivity index (χ4v) is 2.70. The second kappa shape index (κ2) is 9.90. The van der Waals surface area contributed by atoms with Crippen molar-refractivity contribution in [2.24, 2.45) is 5.92 Å². The number of para-hydroxylation sites is 1. The summed E-state index contributed by atoms with van der Waals surface area (Å²) in [5.74, 6) is 0.0281. The van der Waals surface area contributed by atoms with E-state index in [0.29, 0.717) is 35.3 Å². The second-order valence-electron chi connectivity index (χ2n) is 7.16. The van der Waals surface area contributed by atoms with Crippen LogP contribution in [0.15, 0.2) is 48.5 Å². The van der Waals surface area contributed by atoms with Crippen LogP contribution in [0.1, 0.15) is 31.1 Å². The Hall–Kier alpha value is -2.86. The maximum absolute atomic E-state index is 12.5. The average Bonchev–Trinajstić information content (AvgIpc) is 2.67. The Balaban J connectivity index is 2.03. The lowest BCUT2D eigenvalue weighted by molar-refractivity contribution is -0.120. The van der Waals surface area contributed by atoms with Gasteiger partial charge in [0.2, 0.25) is 5.91 Å². The standard InChI is InChI=1S/C22H29N3O3/c1-15(2)25(4)14-16(3)21(26)23-17-9-8-10-18(13-17)24-22(27)19-11-6-7-12-20(19)28-5/h6-13,15-16H,14H2,1-5H3,(H,23,26)(H,24,27)/t16-/m0/s1. The van der Waals surface area contributed by atoms with Crippen LogP contribution in [-0.2, 0) is 4.79 Å². The van der Waals surface area contributed by atoms with Crippen LogP contribution in [0.4, 0.5) is 11.4 Å². The molecule has 0 unspecified atom stereocenters. The van der Waals surface area contributed by atoms with E-state index in [1.54, 1.807) is 42.5 Å². The third-order valence-electron chi connectivity index (χ3n) is 4.63. The van der Waals surface area contributed by atoms with Crippen molar-refractivity contribution in [1.29, 1.82) is 0 Å². The minimum atomic E-state index is -0.271. The Morgan fingerprint density at radius 3 is 2.29 bits per heavy atom. The number of hydrogen-bond donors (Lipinski definition) is 2. The zero-order valence-corrected chi connectivity index (χ0v) is 17.2. The van der Waals surface area contributed by atoms with Crippen LogP contribution < -0.4 is 15.4 Å². The maximum atomic E-state index is 12.5. The number of carbonyl (C=O) groups excluding carboxylic acids is 2. The van der Waals surface area contributed by atoms with Crippen molar-refractivity contribution in [3.05, 3.63) is 54.1 Å². The van der Waals surface area contributed by atoms with E-state index in [4.69, 9.17) is 4.74 Å². The molecule has 2 aromatic carbocycles. The number of benzene rings is 2. The van der Waals surface area contributed by atoms with E-state index in [9.17, 15) is 9.59 Å². The lowest BCUT2D eigenvalue weighted by Crippen LogP contribution is -2.35. The van der Waals surface area contributed by atoms with Gasteiger partial charge in [-0.3, -0.25) is 9.59 Å². The fraction of sp³-hybridized carbons (Fsp3) is 0.364. The molecule has 0 bridgehead atoms. The van der Waals surface area contributed by atoms with Gasteiger partial charge in [0.25, 0.3) is 5.91 Å². The van der Waals surface area contributed by atoms with Crippen LogP contribution in [0, 0.1) is 5.92 Å². The fourth-order valence-electron chi connectivity index (χ4n) is 2.70. The van der Waals surface area contributed by atoms with Gasteiger partial charge in [0.15, 0.2) is 0 Å². The molecular formula is C22H29N3O3. The normalized spacial score (nSPS) is 12.0. The topological polar surface area (TPSA) is 70.7 Å². The summed E-state index contributed by atoms with van der Waals surface area (Å²) >= 11 is 0. The molecule has 2 amide bonds. The van der Waals surface area contributed by atoms with Crippen molar-refractivity contribution >= 4 is 23.2 Å². The van der Waals surface area contributed by atoms with Crippen LogP contribution in [0.2, 0.25) is 0 Å². The van der Waals surface area contributed by atoms with Crippen molar-refractivity contribution in [3.8, 4) is 5.75 Å². The molecule has 28 heavy (non-hydrogen) atoms. The molecule has 0 heterocycles. The van der Waals surface area contributed by atoms with Gasteiger partial charge in [-0.2, -0.15) is 0 Å². The van der Waals surface area contributed by atoms with Crippen LogP contribution in [0.25, 0.3) is 0 Å². The third kappa shape index (κ3) is 5.82. The highest BCUT2D eigenvalue weighted by Crippen LogP contribution is 2.21. The first-order valence-electron chi connectivity index (χ1n) is 9.37. The molecule has 0 fully saturated rings. The van der Waals surface area contributed by atoms with Crippen molar-refractivity contribution < 1.29 is 14.3 Å². The van der Waals surface area contributed by atoms with Gasteiger partial charge < -0.3 is 20.3 Å². The molecule has 0 aliphatic carbocycles. The van der Waals surface area contributed by atoms with Gasteiger partial charge in [-0.1, -0.05) is 25.1 Å². The van der Waals surface area contributed by atoms with Gasteiger partial charge >= 0.3 is 0 Å². The first kappa shape index (κ1) is 21.4. The lowest BCUT2D eigenvalue weighted by atomic mass is 10.1. The minimum Gasteiger partial charge on any atom is -0.496 e. The lowest BCUT2D eigenvalue weighted by Gasteiger charge is -2.24.